The quantitative estimate of drug-likeness (QED) is 0.350. The molecule has 0 fully saturated rings. The molecule has 2 aromatic rings. The van der Waals surface area contributed by atoms with Gasteiger partial charge < -0.3 is 10.5 Å². The zero-order valence-corrected chi connectivity index (χ0v) is 13.9. The Hall–Kier alpha value is -2.41. The van der Waals surface area contributed by atoms with Gasteiger partial charge in [0.15, 0.2) is 10.9 Å². The van der Waals surface area contributed by atoms with Crippen LogP contribution in [0.25, 0.3) is 10.4 Å². The summed E-state index contributed by atoms with van der Waals surface area (Å²) >= 11 is 7.58. The Labute approximate surface area is 146 Å². The molecular weight excluding hydrogens is 348 g/mol. The minimum absolute atomic E-state index is 0.382. The second-order valence-corrected chi connectivity index (χ2v) is 7.08. The number of ether oxygens (including phenoxy) is 1. The molecule has 0 saturated heterocycles. The van der Waals surface area contributed by atoms with Gasteiger partial charge in [-0.1, -0.05) is 28.5 Å². The summed E-state index contributed by atoms with van der Waals surface area (Å²) in [6, 6.07) is 7.14. The highest BCUT2D eigenvalue weighted by Gasteiger charge is 2.45. The molecule has 1 atom stereocenters. The average molecular weight is 359 g/mol. The van der Waals surface area contributed by atoms with Gasteiger partial charge in [-0.15, -0.1) is 0 Å². The summed E-state index contributed by atoms with van der Waals surface area (Å²) < 4.78 is 5.48. The molecule has 0 radical (unpaired) electrons. The van der Waals surface area contributed by atoms with Gasteiger partial charge in [0.1, 0.15) is 10.9 Å². The van der Waals surface area contributed by atoms with E-state index in [4.69, 9.17) is 27.6 Å². The lowest BCUT2D eigenvalue weighted by Gasteiger charge is -2.40. The highest BCUT2D eigenvalue weighted by molar-refractivity contribution is 8.14. The lowest BCUT2D eigenvalue weighted by molar-refractivity contribution is 0.429. The average Bonchev–Trinajstić information content (AvgIpc) is 2.57. The van der Waals surface area contributed by atoms with Gasteiger partial charge in [0.25, 0.3) is 0 Å². The third-order valence-electron chi connectivity index (χ3n) is 4.06. The third-order valence-corrected chi connectivity index (χ3v) is 5.60. The van der Waals surface area contributed by atoms with Gasteiger partial charge >= 0.3 is 0 Å². The zero-order valence-electron chi connectivity index (χ0n) is 12.3. The predicted molar refractivity (Wildman–Crippen MR) is 94.0 cm³/mol. The van der Waals surface area contributed by atoms with Crippen LogP contribution in [-0.2, 0) is 4.75 Å². The van der Waals surface area contributed by atoms with E-state index < -0.39 is 4.75 Å². The van der Waals surface area contributed by atoms with E-state index in [1.54, 1.807) is 24.4 Å². The highest BCUT2D eigenvalue weighted by atomic mass is 35.5. The van der Waals surface area contributed by atoms with Crippen LogP contribution in [0.4, 0.5) is 5.69 Å². The van der Waals surface area contributed by atoms with E-state index in [1.165, 1.54) is 11.8 Å². The molecule has 4 rings (SSSR count). The van der Waals surface area contributed by atoms with Crippen LogP contribution in [0, 0.1) is 0 Å². The Morgan fingerprint density at radius 2 is 2.17 bits per heavy atom. The number of nitrogens with two attached hydrogens (primary N) is 1. The number of amidine groups is 1. The van der Waals surface area contributed by atoms with Gasteiger partial charge in [-0.25, -0.2) is 4.98 Å². The van der Waals surface area contributed by atoms with Crippen LogP contribution in [0.1, 0.15) is 17.5 Å². The van der Waals surface area contributed by atoms with E-state index in [1.807, 2.05) is 6.07 Å². The maximum absolute atomic E-state index is 8.72. The summed E-state index contributed by atoms with van der Waals surface area (Å²) in [5, 5.41) is 4.59. The van der Waals surface area contributed by atoms with Crippen LogP contribution in [0.2, 0.25) is 5.15 Å². The first kappa shape index (κ1) is 15.1. The summed E-state index contributed by atoms with van der Waals surface area (Å²) in [7, 11) is 0. The Kier molecular flexibility index (Phi) is 3.53. The topological polar surface area (TPSA) is 109 Å². The molecule has 1 aromatic carbocycles. The lowest BCUT2D eigenvalue weighted by Crippen LogP contribution is -2.35. The fourth-order valence-electron chi connectivity index (χ4n) is 3.08. The monoisotopic (exact) mass is 358 g/mol. The molecule has 2 aliphatic heterocycles. The van der Waals surface area contributed by atoms with Gasteiger partial charge in [-0.3, -0.25) is 4.99 Å². The molecule has 2 N–H and O–H groups in total. The molecular formula is C15H11ClN6OS. The van der Waals surface area contributed by atoms with Gasteiger partial charge in [0, 0.05) is 28.3 Å². The second-order valence-electron chi connectivity index (χ2n) is 5.37. The van der Waals surface area contributed by atoms with E-state index in [0.29, 0.717) is 34.1 Å². The number of aromatic nitrogens is 1. The Balaban J connectivity index is 2.00. The molecule has 0 amide bonds. The van der Waals surface area contributed by atoms with E-state index >= 15 is 0 Å². The molecule has 24 heavy (non-hydrogen) atoms. The van der Waals surface area contributed by atoms with Crippen molar-refractivity contribution in [3.63, 3.8) is 0 Å². The maximum Gasteiger partial charge on any atom is 0.155 e. The molecule has 2 aliphatic rings. The summed E-state index contributed by atoms with van der Waals surface area (Å²) in [5.41, 5.74) is 17.1. The van der Waals surface area contributed by atoms with Crippen molar-refractivity contribution in [2.45, 2.75) is 11.2 Å². The Bertz CT molecular complexity index is 926. The molecule has 0 saturated carbocycles. The van der Waals surface area contributed by atoms with Crippen molar-refractivity contribution in [1.29, 1.82) is 0 Å². The van der Waals surface area contributed by atoms with Crippen molar-refractivity contribution < 1.29 is 4.74 Å². The third kappa shape index (κ3) is 2.27. The molecule has 0 aliphatic carbocycles. The van der Waals surface area contributed by atoms with Crippen molar-refractivity contribution in [2.75, 3.05) is 6.54 Å². The first-order valence-corrected chi connectivity index (χ1v) is 8.34. The zero-order chi connectivity index (χ0) is 16.7. The summed E-state index contributed by atoms with van der Waals surface area (Å²) in [4.78, 5) is 11.3. The molecule has 3 heterocycles. The molecule has 0 bridgehead atoms. The molecule has 7 nitrogen and oxygen atoms in total. The van der Waals surface area contributed by atoms with Gasteiger partial charge in [-0.2, -0.15) is 0 Å². The number of azide groups is 1. The second kappa shape index (κ2) is 5.59. The van der Waals surface area contributed by atoms with Crippen LogP contribution in [-0.4, -0.2) is 16.7 Å². The lowest BCUT2D eigenvalue weighted by atomic mass is 9.84. The number of benzene rings is 1. The van der Waals surface area contributed by atoms with Crippen molar-refractivity contribution >= 4 is 34.2 Å². The minimum atomic E-state index is -0.498. The van der Waals surface area contributed by atoms with Gasteiger partial charge in [0.2, 0.25) is 0 Å². The minimum Gasteiger partial charge on any atom is -0.455 e. The van der Waals surface area contributed by atoms with Crippen LogP contribution in [0.5, 0.6) is 11.5 Å². The standard InChI is InChI=1S/C15H11ClN6OS/c16-13-6-10-12(7-20-13)23-11-2-1-8(21-22-18)5-9(11)15(10)3-4-19-14(17)24-15/h1-2,5-7H,3-4H2,(H2,17,19)/t15-/m0/s1. The first-order chi connectivity index (χ1) is 11.6. The largest absolute Gasteiger partial charge is 0.455 e. The maximum atomic E-state index is 8.72. The van der Waals surface area contributed by atoms with Gasteiger partial charge in [-0.05, 0) is 36.2 Å². The van der Waals surface area contributed by atoms with Crippen molar-refractivity contribution in [2.24, 2.45) is 15.8 Å². The number of pyridine rings is 1. The Morgan fingerprint density at radius 1 is 1.33 bits per heavy atom. The molecule has 9 heteroatoms. The van der Waals surface area contributed by atoms with E-state index in [9.17, 15) is 0 Å². The molecule has 120 valence electrons. The number of fused-ring (bicyclic) bond motifs is 4. The van der Waals surface area contributed by atoms with E-state index in [2.05, 4.69) is 20.0 Å². The van der Waals surface area contributed by atoms with Crippen LogP contribution in [0.15, 0.2) is 40.6 Å². The predicted octanol–water partition coefficient (Wildman–Crippen LogP) is 4.48. The van der Waals surface area contributed by atoms with E-state index in [0.717, 1.165) is 17.5 Å². The molecule has 1 aromatic heterocycles. The number of rotatable bonds is 1. The van der Waals surface area contributed by atoms with Crippen LogP contribution < -0.4 is 10.5 Å². The summed E-state index contributed by atoms with van der Waals surface area (Å²) in [6.45, 7) is 0.587. The smallest absolute Gasteiger partial charge is 0.155 e. The fourth-order valence-corrected chi connectivity index (χ4v) is 4.48. The highest BCUT2D eigenvalue weighted by Crippen LogP contribution is 2.57. The number of nitrogens with zero attached hydrogens (tertiary/aromatic N) is 5. The van der Waals surface area contributed by atoms with Crippen molar-refractivity contribution in [3.05, 3.63) is 57.2 Å². The van der Waals surface area contributed by atoms with Gasteiger partial charge in [0.05, 0.1) is 10.9 Å². The SMILES string of the molecule is [N-]=[N+]=Nc1ccc2c(c1)[C@@]1(CCN=C(N)S1)c1cc(Cl)ncc1O2. The normalized spacial score (nSPS) is 21.1. The fraction of sp³-hybridized carbons (Fsp3) is 0.200. The number of hydrogen-bond acceptors (Lipinski definition) is 6. The Morgan fingerprint density at radius 3 is 2.96 bits per heavy atom. The first-order valence-electron chi connectivity index (χ1n) is 7.15. The number of thioether (sulfide) groups is 1. The van der Waals surface area contributed by atoms with E-state index in [-0.39, 0.29) is 0 Å². The summed E-state index contributed by atoms with van der Waals surface area (Å²) in [6.07, 6.45) is 2.34. The van der Waals surface area contributed by atoms with Crippen molar-refractivity contribution in [3.8, 4) is 11.5 Å². The molecule has 1 spiro atoms. The van der Waals surface area contributed by atoms with Crippen LogP contribution >= 0.6 is 23.4 Å². The van der Waals surface area contributed by atoms with Crippen molar-refractivity contribution in [1.82, 2.24) is 4.98 Å². The molecule has 0 unspecified atom stereocenters. The summed E-state index contributed by atoms with van der Waals surface area (Å²) in [5.74, 6) is 1.33. The van der Waals surface area contributed by atoms with Crippen LogP contribution in [0.3, 0.4) is 0 Å². The number of aliphatic imine (C=N–C) groups is 1. The number of halogens is 1. The number of hydrogen-bond donors (Lipinski definition) is 1.